The SMILES string of the molecule is N=C(/N=C(\NCc1ccc(-c2ccccc2)cc1)c1cccc(C2=Cc3oc4cc5c(cc4c3C=CC2)oc2ccccc25)c1)c1ccccc1. The van der Waals surface area contributed by atoms with Crippen LogP contribution in [0.15, 0.2) is 165 Å². The molecule has 1 aliphatic rings. The first-order valence-electron chi connectivity index (χ1n) is 17.1. The Morgan fingerprint density at radius 2 is 1.29 bits per heavy atom. The number of nitrogens with one attached hydrogen (secondary N) is 2. The molecule has 2 aromatic heterocycles. The summed E-state index contributed by atoms with van der Waals surface area (Å²) >= 11 is 0. The van der Waals surface area contributed by atoms with E-state index in [0.29, 0.717) is 12.4 Å². The molecule has 5 heteroatoms. The fourth-order valence-corrected chi connectivity index (χ4v) is 6.83. The van der Waals surface area contributed by atoms with Crippen molar-refractivity contribution >= 4 is 62.3 Å². The molecule has 244 valence electrons. The average molecular weight is 660 g/mol. The molecule has 0 saturated carbocycles. The van der Waals surface area contributed by atoms with Gasteiger partial charge < -0.3 is 14.2 Å². The number of para-hydroxylation sites is 1. The molecule has 6 aromatic carbocycles. The molecule has 51 heavy (non-hydrogen) atoms. The van der Waals surface area contributed by atoms with E-state index in [9.17, 15) is 0 Å². The quantitative estimate of drug-likeness (QED) is 0.138. The zero-order valence-corrected chi connectivity index (χ0v) is 27.8. The highest BCUT2D eigenvalue weighted by Crippen LogP contribution is 2.39. The number of furan rings is 2. The molecule has 0 bridgehead atoms. The van der Waals surface area contributed by atoms with Crippen LogP contribution in [0, 0.1) is 5.41 Å². The van der Waals surface area contributed by atoms with Gasteiger partial charge in [-0.2, -0.15) is 0 Å². The maximum Gasteiger partial charge on any atom is 0.154 e. The zero-order chi connectivity index (χ0) is 34.1. The maximum absolute atomic E-state index is 8.85. The molecule has 0 saturated heterocycles. The predicted octanol–water partition coefficient (Wildman–Crippen LogP) is 11.5. The van der Waals surface area contributed by atoms with E-state index in [1.807, 2.05) is 60.7 Å². The molecular weight excluding hydrogens is 627 g/mol. The Morgan fingerprint density at radius 1 is 0.608 bits per heavy atom. The molecule has 0 unspecified atom stereocenters. The zero-order valence-electron chi connectivity index (χ0n) is 27.8. The minimum atomic E-state index is 0.199. The molecule has 0 spiro atoms. The third kappa shape index (κ3) is 5.96. The summed E-state index contributed by atoms with van der Waals surface area (Å²) in [5.41, 5.74) is 11.0. The second-order valence-corrected chi connectivity index (χ2v) is 12.8. The number of rotatable bonds is 6. The van der Waals surface area contributed by atoms with Gasteiger partial charge in [-0.3, -0.25) is 5.41 Å². The minimum Gasteiger partial charge on any atom is -0.456 e. The van der Waals surface area contributed by atoms with Crippen molar-refractivity contribution in [3.8, 4) is 11.1 Å². The predicted molar refractivity (Wildman–Crippen MR) is 210 cm³/mol. The Labute approximate surface area is 295 Å². The van der Waals surface area contributed by atoms with Crippen LogP contribution in [0.5, 0.6) is 0 Å². The third-order valence-corrected chi connectivity index (χ3v) is 9.48. The van der Waals surface area contributed by atoms with Gasteiger partial charge in [0, 0.05) is 39.4 Å². The van der Waals surface area contributed by atoms with Crippen molar-refractivity contribution in [1.29, 1.82) is 5.41 Å². The molecular formula is C46H33N3O2. The number of fused-ring (bicyclic) bond motifs is 6. The maximum atomic E-state index is 8.85. The summed E-state index contributed by atoms with van der Waals surface area (Å²) in [7, 11) is 0. The fourth-order valence-electron chi connectivity index (χ4n) is 6.83. The number of amidine groups is 2. The lowest BCUT2D eigenvalue weighted by atomic mass is 9.99. The normalized spacial score (nSPS) is 12.9. The van der Waals surface area contributed by atoms with E-state index in [1.165, 1.54) is 11.1 Å². The highest BCUT2D eigenvalue weighted by atomic mass is 16.3. The lowest BCUT2D eigenvalue weighted by Gasteiger charge is -2.14. The van der Waals surface area contributed by atoms with Crippen LogP contribution in [-0.4, -0.2) is 11.7 Å². The van der Waals surface area contributed by atoms with Crippen molar-refractivity contribution in [1.82, 2.24) is 5.32 Å². The number of allylic oxidation sites excluding steroid dienone is 2. The fraction of sp³-hybridized carbons (Fsp3) is 0.0435. The largest absolute Gasteiger partial charge is 0.456 e. The molecule has 2 N–H and O–H groups in total. The van der Waals surface area contributed by atoms with E-state index in [-0.39, 0.29) is 5.84 Å². The number of hydrogen-bond acceptors (Lipinski definition) is 3. The van der Waals surface area contributed by atoms with Crippen LogP contribution < -0.4 is 5.32 Å². The van der Waals surface area contributed by atoms with Gasteiger partial charge in [0.2, 0.25) is 0 Å². The van der Waals surface area contributed by atoms with E-state index in [1.54, 1.807) is 0 Å². The van der Waals surface area contributed by atoms with E-state index in [0.717, 1.165) is 78.5 Å². The minimum absolute atomic E-state index is 0.199. The topological polar surface area (TPSA) is 74.5 Å². The Bertz CT molecular complexity index is 2660. The summed E-state index contributed by atoms with van der Waals surface area (Å²) in [6.07, 6.45) is 7.25. The summed E-state index contributed by atoms with van der Waals surface area (Å²) < 4.78 is 12.7. The molecule has 8 aromatic rings. The van der Waals surface area contributed by atoms with Gasteiger partial charge in [0.05, 0.1) is 0 Å². The Balaban J connectivity index is 1.05. The van der Waals surface area contributed by atoms with E-state index >= 15 is 0 Å². The number of aliphatic imine (C=N–C) groups is 1. The van der Waals surface area contributed by atoms with E-state index in [4.69, 9.17) is 19.2 Å². The first-order valence-corrected chi connectivity index (χ1v) is 17.1. The molecule has 0 amide bonds. The third-order valence-electron chi connectivity index (χ3n) is 9.48. The molecule has 9 rings (SSSR count). The molecule has 1 aliphatic carbocycles. The van der Waals surface area contributed by atoms with Gasteiger partial charge >= 0.3 is 0 Å². The van der Waals surface area contributed by atoms with Gasteiger partial charge in [-0.25, -0.2) is 4.99 Å². The van der Waals surface area contributed by atoms with Crippen molar-refractivity contribution in [2.75, 3.05) is 0 Å². The van der Waals surface area contributed by atoms with Crippen LogP contribution in [-0.2, 0) is 6.54 Å². The van der Waals surface area contributed by atoms with Gasteiger partial charge in [0.25, 0.3) is 0 Å². The summed E-state index contributed by atoms with van der Waals surface area (Å²) in [4.78, 5) is 4.84. The lowest BCUT2D eigenvalue weighted by molar-refractivity contribution is 0.604. The molecule has 0 aliphatic heterocycles. The Hall–Kier alpha value is -6.72. The lowest BCUT2D eigenvalue weighted by Crippen LogP contribution is -2.25. The molecule has 0 fully saturated rings. The number of benzene rings is 6. The summed E-state index contributed by atoms with van der Waals surface area (Å²) in [5, 5.41) is 15.6. The van der Waals surface area contributed by atoms with Crippen molar-refractivity contribution in [2.45, 2.75) is 13.0 Å². The van der Waals surface area contributed by atoms with E-state index < -0.39 is 0 Å². The standard InChI is InChI=1S/C46H33N3O2/c47-45(33-13-5-2-6-14-33)49-46(48-29-30-21-23-32(24-22-30)31-11-3-1-4-12-31)36-17-9-15-34(25-36)35-16-10-19-38-40-28-43-39(27-44(40)51-42(38)26-35)37-18-7-8-20-41(37)50-43/h1-15,17-28H,16,29H2,(H2,47,48,49). The molecule has 0 atom stereocenters. The first-order chi connectivity index (χ1) is 25.2. The Morgan fingerprint density at radius 3 is 2.14 bits per heavy atom. The van der Waals surface area contributed by atoms with Gasteiger partial charge in [0.15, 0.2) is 5.84 Å². The molecule has 0 radical (unpaired) electrons. The monoisotopic (exact) mass is 659 g/mol. The van der Waals surface area contributed by atoms with Crippen LogP contribution in [0.1, 0.15) is 40.0 Å². The van der Waals surface area contributed by atoms with Gasteiger partial charge in [-0.1, -0.05) is 133 Å². The van der Waals surface area contributed by atoms with Crippen molar-refractivity contribution in [2.24, 2.45) is 4.99 Å². The number of hydrogen-bond donors (Lipinski definition) is 2. The average Bonchev–Trinajstić information content (AvgIpc) is 3.63. The summed E-state index contributed by atoms with van der Waals surface area (Å²) in [6.45, 7) is 0.562. The van der Waals surface area contributed by atoms with Gasteiger partial charge in [-0.05, 0) is 64.6 Å². The van der Waals surface area contributed by atoms with Gasteiger partial charge in [0.1, 0.15) is 28.3 Å². The first kappa shape index (κ1) is 30.3. The highest BCUT2D eigenvalue weighted by Gasteiger charge is 2.18. The smallest absolute Gasteiger partial charge is 0.154 e. The van der Waals surface area contributed by atoms with Crippen LogP contribution >= 0.6 is 0 Å². The van der Waals surface area contributed by atoms with Crippen LogP contribution in [0.4, 0.5) is 0 Å². The van der Waals surface area contributed by atoms with Crippen LogP contribution in [0.3, 0.4) is 0 Å². The van der Waals surface area contributed by atoms with Crippen LogP contribution in [0.25, 0.3) is 61.8 Å². The highest BCUT2D eigenvalue weighted by molar-refractivity contribution is 6.12. The second kappa shape index (κ2) is 13.0. The summed E-state index contributed by atoms with van der Waals surface area (Å²) in [6, 6.07) is 49.3. The van der Waals surface area contributed by atoms with Crippen molar-refractivity contribution in [3.05, 3.63) is 185 Å². The number of nitrogens with zero attached hydrogens (tertiary/aromatic N) is 1. The van der Waals surface area contributed by atoms with Crippen LogP contribution in [0.2, 0.25) is 0 Å². The van der Waals surface area contributed by atoms with E-state index in [2.05, 4.69) is 108 Å². The molecule has 5 nitrogen and oxygen atoms in total. The Kier molecular flexibility index (Phi) is 7.71. The van der Waals surface area contributed by atoms with Crippen molar-refractivity contribution < 1.29 is 8.83 Å². The summed E-state index contributed by atoms with van der Waals surface area (Å²) in [5.74, 6) is 1.67. The van der Waals surface area contributed by atoms with Gasteiger partial charge in [-0.15, -0.1) is 0 Å². The second-order valence-electron chi connectivity index (χ2n) is 12.8. The van der Waals surface area contributed by atoms with Crippen molar-refractivity contribution in [3.63, 3.8) is 0 Å². The molecule has 2 heterocycles.